The monoisotopic (exact) mass is 278 g/mol. The van der Waals surface area contributed by atoms with Gasteiger partial charge in [0.2, 0.25) is 0 Å². The van der Waals surface area contributed by atoms with Crippen LogP contribution < -0.4 is 11.3 Å². The van der Waals surface area contributed by atoms with Crippen molar-refractivity contribution in [1.82, 2.24) is 5.43 Å². The lowest BCUT2D eigenvalue weighted by molar-refractivity contribution is 0.556. The summed E-state index contributed by atoms with van der Waals surface area (Å²) >= 11 is 7.72. The van der Waals surface area contributed by atoms with Crippen LogP contribution in [0.25, 0.3) is 10.1 Å². The zero-order valence-electron chi connectivity index (χ0n) is 9.39. The smallest absolute Gasteiger partial charge is 0.198 e. The van der Waals surface area contributed by atoms with Crippen molar-refractivity contribution < 1.29 is 4.42 Å². The molecule has 0 saturated carbocycles. The number of hydrogen-bond acceptors (Lipinski definition) is 4. The second-order valence-electron chi connectivity index (χ2n) is 3.94. The van der Waals surface area contributed by atoms with E-state index in [1.807, 2.05) is 18.2 Å². The minimum absolute atomic E-state index is 0.168. The van der Waals surface area contributed by atoms with Gasteiger partial charge in [0.1, 0.15) is 0 Å². The molecule has 92 valence electrons. The molecule has 1 atom stereocenters. The first kappa shape index (κ1) is 11.7. The molecule has 2 heterocycles. The maximum Gasteiger partial charge on any atom is 0.198 e. The lowest BCUT2D eigenvalue weighted by Crippen LogP contribution is -2.28. The number of thiophene rings is 1. The van der Waals surface area contributed by atoms with Crippen molar-refractivity contribution in [1.29, 1.82) is 0 Å². The first-order chi connectivity index (χ1) is 8.81. The van der Waals surface area contributed by atoms with Crippen molar-refractivity contribution in [3.63, 3.8) is 0 Å². The first-order valence-electron chi connectivity index (χ1n) is 5.46. The molecular formula is C13H11ClN2OS. The second kappa shape index (κ2) is 4.74. The van der Waals surface area contributed by atoms with Gasteiger partial charge in [-0.1, -0.05) is 18.2 Å². The Balaban J connectivity index is 2.17. The number of hydrazine groups is 1. The highest BCUT2D eigenvalue weighted by Gasteiger charge is 2.20. The van der Waals surface area contributed by atoms with Gasteiger partial charge in [0.25, 0.3) is 0 Å². The number of nitrogens with one attached hydrogen (secondary N) is 1. The number of benzene rings is 1. The number of fused-ring (bicyclic) bond motifs is 1. The Kier molecular flexibility index (Phi) is 3.09. The van der Waals surface area contributed by atoms with Crippen LogP contribution in [0, 0.1) is 0 Å². The minimum Gasteiger partial charge on any atom is -0.453 e. The Morgan fingerprint density at radius 2 is 2.11 bits per heavy atom. The molecule has 1 aromatic carbocycles. The number of halogens is 1. The summed E-state index contributed by atoms with van der Waals surface area (Å²) in [5.74, 6) is 5.68. The van der Waals surface area contributed by atoms with Crippen molar-refractivity contribution in [2.24, 2.45) is 5.84 Å². The number of rotatable bonds is 3. The molecule has 0 bridgehead atoms. The molecule has 3 nitrogen and oxygen atoms in total. The molecule has 0 aliphatic heterocycles. The van der Waals surface area contributed by atoms with Gasteiger partial charge in [-0.25, -0.2) is 5.43 Å². The summed E-state index contributed by atoms with van der Waals surface area (Å²) in [6, 6.07) is 9.90. The van der Waals surface area contributed by atoms with Crippen LogP contribution in [0.15, 0.2) is 46.4 Å². The Bertz CT molecular complexity index is 676. The van der Waals surface area contributed by atoms with Crippen molar-refractivity contribution in [2.75, 3.05) is 0 Å². The first-order valence-corrected chi connectivity index (χ1v) is 6.72. The minimum atomic E-state index is -0.168. The van der Waals surface area contributed by atoms with Crippen molar-refractivity contribution in [3.8, 4) is 0 Å². The number of nitrogens with two attached hydrogens (primary N) is 1. The number of hydrogen-bond donors (Lipinski definition) is 2. The van der Waals surface area contributed by atoms with Crippen LogP contribution in [0.3, 0.4) is 0 Å². The van der Waals surface area contributed by atoms with E-state index in [1.54, 1.807) is 17.6 Å². The molecule has 1 unspecified atom stereocenters. The largest absolute Gasteiger partial charge is 0.453 e. The molecule has 0 fully saturated rings. The molecule has 3 rings (SSSR count). The van der Waals surface area contributed by atoms with Gasteiger partial charge in [-0.2, -0.15) is 0 Å². The van der Waals surface area contributed by atoms with Crippen LogP contribution in [0.4, 0.5) is 0 Å². The third-order valence-corrected chi connectivity index (χ3v) is 4.23. The molecule has 3 aromatic rings. The standard InChI is InChI=1S/C13H11ClN2OS/c14-13-10(4-6-17-13)11(16-15)9-3-1-2-8-5-7-18-12(8)9/h1-7,11,16H,15H2. The van der Waals surface area contributed by atoms with E-state index in [-0.39, 0.29) is 6.04 Å². The van der Waals surface area contributed by atoms with E-state index in [4.69, 9.17) is 21.9 Å². The summed E-state index contributed by atoms with van der Waals surface area (Å²) in [6.45, 7) is 0. The molecule has 5 heteroatoms. The molecule has 18 heavy (non-hydrogen) atoms. The van der Waals surface area contributed by atoms with Gasteiger partial charge in [0.05, 0.1) is 12.3 Å². The molecule has 0 saturated heterocycles. The molecule has 0 spiro atoms. The highest BCUT2D eigenvalue weighted by atomic mass is 35.5. The molecule has 0 aliphatic carbocycles. The van der Waals surface area contributed by atoms with Gasteiger partial charge >= 0.3 is 0 Å². The number of furan rings is 1. The Hall–Kier alpha value is -1.33. The van der Waals surface area contributed by atoms with Crippen LogP contribution in [-0.2, 0) is 0 Å². The van der Waals surface area contributed by atoms with Crippen LogP contribution in [0.2, 0.25) is 5.22 Å². The Labute approximate surface area is 113 Å². The van der Waals surface area contributed by atoms with E-state index in [1.165, 1.54) is 10.1 Å². The lowest BCUT2D eigenvalue weighted by Gasteiger charge is -2.16. The van der Waals surface area contributed by atoms with Crippen LogP contribution >= 0.6 is 22.9 Å². The summed E-state index contributed by atoms with van der Waals surface area (Å²) in [5, 5.41) is 3.64. The summed E-state index contributed by atoms with van der Waals surface area (Å²) in [7, 11) is 0. The zero-order chi connectivity index (χ0) is 12.5. The Morgan fingerprint density at radius 1 is 1.22 bits per heavy atom. The average molecular weight is 279 g/mol. The van der Waals surface area contributed by atoms with E-state index in [2.05, 4.69) is 22.9 Å². The summed E-state index contributed by atoms with van der Waals surface area (Å²) < 4.78 is 6.34. The summed E-state index contributed by atoms with van der Waals surface area (Å²) in [6.07, 6.45) is 1.57. The van der Waals surface area contributed by atoms with Gasteiger partial charge in [-0.05, 0) is 40.1 Å². The topological polar surface area (TPSA) is 51.2 Å². The maximum atomic E-state index is 6.03. The van der Waals surface area contributed by atoms with Gasteiger partial charge in [-0.3, -0.25) is 5.84 Å². The summed E-state index contributed by atoms with van der Waals surface area (Å²) in [5.41, 5.74) is 4.76. The van der Waals surface area contributed by atoms with Gasteiger partial charge < -0.3 is 4.42 Å². The third-order valence-electron chi connectivity index (χ3n) is 2.94. The predicted octanol–water partition coefficient (Wildman–Crippen LogP) is 3.70. The fraction of sp³-hybridized carbons (Fsp3) is 0.0769. The van der Waals surface area contributed by atoms with Crippen molar-refractivity contribution in [3.05, 3.63) is 58.3 Å². The van der Waals surface area contributed by atoms with Gasteiger partial charge in [-0.15, -0.1) is 11.3 Å². The third kappa shape index (κ3) is 1.83. The van der Waals surface area contributed by atoms with Crippen LogP contribution in [-0.4, -0.2) is 0 Å². The molecule has 2 aromatic heterocycles. The molecule has 0 aliphatic rings. The van der Waals surface area contributed by atoms with E-state index in [0.29, 0.717) is 5.22 Å². The quantitative estimate of drug-likeness (QED) is 0.567. The highest BCUT2D eigenvalue weighted by Crippen LogP contribution is 2.34. The Morgan fingerprint density at radius 3 is 2.83 bits per heavy atom. The van der Waals surface area contributed by atoms with E-state index >= 15 is 0 Å². The van der Waals surface area contributed by atoms with Crippen LogP contribution in [0.1, 0.15) is 17.2 Å². The van der Waals surface area contributed by atoms with E-state index in [0.717, 1.165) is 11.1 Å². The lowest BCUT2D eigenvalue weighted by atomic mass is 10.0. The summed E-state index contributed by atoms with van der Waals surface area (Å²) in [4.78, 5) is 0. The second-order valence-corrected chi connectivity index (χ2v) is 5.19. The van der Waals surface area contributed by atoms with E-state index in [9.17, 15) is 0 Å². The van der Waals surface area contributed by atoms with Gasteiger partial charge in [0.15, 0.2) is 5.22 Å². The average Bonchev–Trinajstić information content (AvgIpc) is 3.00. The highest BCUT2D eigenvalue weighted by molar-refractivity contribution is 7.17. The fourth-order valence-corrected chi connectivity index (χ4v) is 3.27. The van der Waals surface area contributed by atoms with E-state index < -0.39 is 0 Å². The van der Waals surface area contributed by atoms with Gasteiger partial charge in [0, 0.05) is 10.3 Å². The predicted molar refractivity (Wildman–Crippen MR) is 74.7 cm³/mol. The maximum absolute atomic E-state index is 6.03. The van der Waals surface area contributed by atoms with Crippen LogP contribution in [0.5, 0.6) is 0 Å². The molecule has 0 radical (unpaired) electrons. The molecule has 0 amide bonds. The zero-order valence-corrected chi connectivity index (χ0v) is 11.0. The van der Waals surface area contributed by atoms with Crippen molar-refractivity contribution >= 4 is 33.0 Å². The normalized spacial score (nSPS) is 13.0. The van der Waals surface area contributed by atoms with Crippen molar-refractivity contribution in [2.45, 2.75) is 6.04 Å². The SMILES string of the molecule is NNC(c1ccoc1Cl)c1cccc2ccsc12. The molecular weight excluding hydrogens is 268 g/mol. The fourth-order valence-electron chi connectivity index (χ4n) is 2.10. The molecule has 3 N–H and O–H groups in total.